The topological polar surface area (TPSA) is 145 Å². The maximum Gasteiger partial charge on any atom is 0.347 e. The predicted octanol–water partition coefficient (Wildman–Crippen LogP) is -0.539. The molecule has 0 heterocycles. The van der Waals surface area contributed by atoms with Crippen molar-refractivity contribution in [3.05, 3.63) is 29.8 Å². The van der Waals surface area contributed by atoms with Crippen LogP contribution in [0.4, 0.5) is 0 Å². The molecule has 0 fully saturated rings. The SMILES string of the molecule is O=C(/C=C/c1ccc(O)c(O)c1)OC(C(=O)O)C(O)CO. The Hall–Kier alpha value is -2.58. The average molecular weight is 298 g/mol. The third-order valence-electron chi connectivity index (χ3n) is 2.43. The molecule has 0 bridgehead atoms. The van der Waals surface area contributed by atoms with Crippen LogP contribution in [0.3, 0.4) is 0 Å². The van der Waals surface area contributed by atoms with Crippen LogP contribution in [0.1, 0.15) is 5.56 Å². The molecule has 114 valence electrons. The lowest BCUT2D eigenvalue weighted by atomic mass is 10.2. The van der Waals surface area contributed by atoms with E-state index in [0.717, 1.165) is 6.08 Å². The van der Waals surface area contributed by atoms with Crippen molar-refractivity contribution in [2.75, 3.05) is 6.61 Å². The first-order valence-electron chi connectivity index (χ1n) is 5.77. The lowest BCUT2D eigenvalue weighted by molar-refractivity contribution is -0.170. The van der Waals surface area contributed by atoms with Crippen molar-refractivity contribution in [2.45, 2.75) is 12.2 Å². The highest BCUT2D eigenvalue weighted by molar-refractivity contribution is 5.89. The number of carbonyl (C=O) groups excluding carboxylic acids is 1. The van der Waals surface area contributed by atoms with E-state index in [1.807, 2.05) is 0 Å². The van der Waals surface area contributed by atoms with Gasteiger partial charge in [-0.25, -0.2) is 9.59 Å². The maximum absolute atomic E-state index is 11.4. The Bertz CT molecular complexity index is 551. The summed E-state index contributed by atoms with van der Waals surface area (Å²) in [7, 11) is 0. The summed E-state index contributed by atoms with van der Waals surface area (Å²) in [4.78, 5) is 22.2. The van der Waals surface area contributed by atoms with E-state index in [9.17, 15) is 19.8 Å². The van der Waals surface area contributed by atoms with Crippen LogP contribution in [-0.2, 0) is 14.3 Å². The van der Waals surface area contributed by atoms with Crippen LogP contribution in [-0.4, -0.2) is 56.3 Å². The van der Waals surface area contributed by atoms with E-state index in [-0.39, 0.29) is 11.5 Å². The number of benzene rings is 1. The van der Waals surface area contributed by atoms with Gasteiger partial charge >= 0.3 is 11.9 Å². The van der Waals surface area contributed by atoms with Crippen molar-refractivity contribution in [1.29, 1.82) is 0 Å². The highest BCUT2D eigenvalue weighted by Gasteiger charge is 2.29. The van der Waals surface area contributed by atoms with Crippen molar-refractivity contribution in [3.63, 3.8) is 0 Å². The molecule has 8 heteroatoms. The summed E-state index contributed by atoms with van der Waals surface area (Å²) < 4.78 is 4.49. The standard InChI is InChI=1S/C13H14O8/c14-6-10(17)12(13(19)20)21-11(18)4-2-7-1-3-8(15)9(16)5-7/h1-5,10,12,14-17H,6H2,(H,19,20)/b4-2+. The average Bonchev–Trinajstić information content (AvgIpc) is 2.44. The van der Waals surface area contributed by atoms with Crippen LogP contribution >= 0.6 is 0 Å². The van der Waals surface area contributed by atoms with Crippen LogP contribution in [0.2, 0.25) is 0 Å². The number of hydrogen-bond donors (Lipinski definition) is 5. The number of phenolic OH excluding ortho intramolecular Hbond substituents is 2. The molecule has 0 radical (unpaired) electrons. The first-order chi connectivity index (χ1) is 9.85. The minimum absolute atomic E-state index is 0.327. The molecular formula is C13H14O8. The fraction of sp³-hybridized carbons (Fsp3) is 0.231. The van der Waals surface area contributed by atoms with Crippen LogP contribution < -0.4 is 0 Å². The van der Waals surface area contributed by atoms with Gasteiger partial charge < -0.3 is 30.3 Å². The second-order valence-corrected chi connectivity index (χ2v) is 4.03. The molecule has 0 saturated heterocycles. The fourth-order valence-electron chi connectivity index (χ4n) is 1.36. The summed E-state index contributed by atoms with van der Waals surface area (Å²) in [6.45, 7) is -0.875. The van der Waals surface area contributed by atoms with Gasteiger partial charge in [0.15, 0.2) is 11.5 Å². The monoisotopic (exact) mass is 298 g/mol. The second-order valence-electron chi connectivity index (χ2n) is 4.03. The molecule has 0 aromatic heterocycles. The van der Waals surface area contributed by atoms with E-state index >= 15 is 0 Å². The molecule has 2 atom stereocenters. The van der Waals surface area contributed by atoms with Crippen LogP contribution in [0.15, 0.2) is 24.3 Å². The van der Waals surface area contributed by atoms with Crippen molar-refractivity contribution in [3.8, 4) is 11.5 Å². The largest absolute Gasteiger partial charge is 0.504 e. The van der Waals surface area contributed by atoms with Gasteiger partial charge in [-0.2, -0.15) is 0 Å². The van der Waals surface area contributed by atoms with Crippen molar-refractivity contribution >= 4 is 18.0 Å². The number of carboxylic acids is 1. The zero-order chi connectivity index (χ0) is 16.0. The van der Waals surface area contributed by atoms with Gasteiger partial charge in [-0.3, -0.25) is 0 Å². The molecule has 0 aliphatic rings. The summed E-state index contributed by atoms with van der Waals surface area (Å²) in [5.41, 5.74) is 0.358. The van der Waals surface area contributed by atoms with Gasteiger partial charge in [0.2, 0.25) is 6.10 Å². The van der Waals surface area contributed by atoms with Crippen molar-refractivity contribution in [1.82, 2.24) is 0 Å². The summed E-state index contributed by atoms with van der Waals surface area (Å²) in [5.74, 6) is -3.36. The van der Waals surface area contributed by atoms with Gasteiger partial charge in [-0.1, -0.05) is 6.07 Å². The molecule has 2 unspecified atom stereocenters. The van der Waals surface area contributed by atoms with Crippen LogP contribution in [0.5, 0.6) is 11.5 Å². The highest BCUT2D eigenvalue weighted by Crippen LogP contribution is 2.25. The predicted molar refractivity (Wildman–Crippen MR) is 69.4 cm³/mol. The van der Waals surface area contributed by atoms with E-state index in [0.29, 0.717) is 5.56 Å². The Morgan fingerprint density at radius 1 is 1.24 bits per heavy atom. The lowest BCUT2D eigenvalue weighted by Gasteiger charge is -2.16. The van der Waals surface area contributed by atoms with E-state index < -0.39 is 30.8 Å². The third-order valence-corrected chi connectivity index (χ3v) is 2.43. The van der Waals surface area contributed by atoms with Gasteiger partial charge in [0, 0.05) is 6.08 Å². The minimum Gasteiger partial charge on any atom is -0.504 e. The number of aliphatic carboxylic acids is 1. The van der Waals surface area contributed by atoms with Crippen LogP contribution in [0, 0.1) is 0 Å². The quantitative estimate of drug-likeness (QED) is 0.267. The molecule has 1 aromatic rings. The zero-order valence-corrected chi connectivity index (χ0v) is 10.7. The molecule has 0 aliphatic carbocycles. The molecular weight excluding hydrogens is 284 g/mol. The first-order valence-corrected chi connectivity index (χ1v) is 5.77. The Balaban J connectivity index is 2.73. The Kier molecular flexibility index (Phi) is 5.70. The molecule has 5 N–H and O–H groups in total. The number of carbonyl (C=O) groups is 2. The number of rotatable bonds is 6. The maximum atomic E-state index is 11.4. The second kappa shape index (κ2) is 7.27. The number of aliphatic hydroxyl groups excluding tert-OH is 2. The molecule has 0 spiro atoms. The van der Waals surface area contributed by atoms with Gasteiger partial charge in [0.05, 0.1) is 6.61 Å². The summed E-state index contributed by atoms with van der Waals surface area (Å²) in [6.07, 6.45) is -1.53. The number of ether oxygens (including phenoxy) is 1. The van der Waals surface area contributed by atoms with Gasteiger partial charge in [0.1, 0.15) is 6.10 Å². The molecule has 8 nitrogen and oxygen atoms in total. The summed E-state index contributed by atoms with van der Waals surface area (Å²) >= 11 is 0. The van der Waals surface area contributed by atoms with E-state index in [1.54, 1.807) is 0 Å². The summed E-state index contributed by atoms with van der Waals surface area (Å²) in [5, 5.41) is 45.0. The molecule has 1 aromatic carbocycles. The Morgan fingerprint density at radius 2 is 1.90 bits per heavy atom. The number of esters is 1. The van der Waals surface area contributed by atoms with Crippen molar-refractivity contribution in [2.24, 2.45) is 0 Å². The third kappa shape index (κ3) is 4.79. The number of hydrogen-bond acceptors (Lipinski definition) is 7. The molecule has 1 rings (SSSR count). The Labute approximate surface area is 119 Å². The molecule has 0 saturated carbocycles. The summed E-state index contributed by atoms with van der Waals surface area (Å²) in [6, 6.07) is 3.78. The van der Waals surface area contributed by atoms with Crippen molar-refractivity contribution < 1.29 is 39.9 Å². The lowest BCUT2D eigenvalue weighted by Crippen LogP contribution is -2.40. The molecule has 0 aliphatic heterocycles. The van der Waals surface area contributed by atoms with E-state index in [2.05, 4.69) is 4.74 Å². The smallest absolute Gasteiger partial charge is 0.347 e. The molecule has 0 amide bonds. The number of phenols is 2. The van der Waals surface area contributed by atoms with E-state index in [1.165, 1.54) is 24.3 Å². The van der Waals surface area contributed by atoms with Gasteiger partial charge in [-0.05, 0) is 23.8 Å². The molecule has 21 heavy (non-hydrogen) atoms. The normalized spacial score (nSPS) is 13.8. The van der Waals surface area contributed by atoms with Crippen LogP contribution in [0.25, 0.3) is 6.08 Å². The fourth-order valence-corrected chi connectivity index (χ4v) is 1.36. The number of carboxylic acid groups (broad SMARTS) is 1. The first kappa shape index (κ1) is 16.5. The van der Waals surface area contributed by atoms with Gasteiger partial charge in [-0.15, -0.1) is 0 Å². The minimum atomic E-state index is -1.89. The van der Waals surface area contributed by atoms with E-state index in [4.69, 9.17) is 15.3 Å². The van der Waals surface area contributed by atoms with Gasteiger partial charge in [0.25, 0.3) is 0 Å². The Morgan fingerprint density at radius 3 is 2.43 bits per heavy atom. The zero-order valence-electron chi connectivity index (χ0n) is 10.7. The number of aliphatic hydroxyl groups is 2. The number of aromatic hydroxyl groups is 2. The highest BCUT2D eigenvalue weighted by atomic mass is 16.6.